The van der Waals surface area contributed by atoms with E-state index >= 15 is 0 Å². The lowest BCUT2D eigenvalue weighted by Crippen LogP contribution is -2.44. The van der Waals surface area contributed by atoms with E-state index in [1.807, 2.05) is 43.3 Å². The highest BCUT2D eigenvalue weighted by Crippen LogP contribution is 2.30. The third kappa shape index (κ3) is 4.62. The van der Waals surface area contributed by atoms with Crippen LogP contribution < -0.4 is 0 Å². The SMILES string of the molecule is CCOCc1c(C(=O)O[C@@H](C(=O)N2CCOCC2)c2ccccc2)oc2ccccc12. The summed E-state index contributed by atoms with van der Waals surface area (Å²) in [6, 6.07) is 16.4. The predicted octanol–water partition coefficient (Wildman–Crippen LogP) is 3.73. The number of morpholine rings is 1. The van der Waals surface area contributed by atoms with Gasteiger partial charge < -0.3 is 23.5 Å². The molecule has 0 N–H and O–H groups in total. The zero-order valence-electron chi connectivity index (χ0n) is 17.4. The molecule has 162 valence electrons. The van der Waals surface area contributed by atoms with Gasteiger partial charge in [0.05, 0.1) is 19.8 Å². The summed E-state index contributed by atoms with van der Waals surface area (Å²) in [6.45, 7) is 4.43. The Morgan fingerprint density at radius 3 is 2.48 bits per heavy atom. The average molecular weight is 423 g/mol. The van der Waals surface area contributed by atoms with E-state index in [0.717, 1.165) is 5.39 Å². The molecule has 2 aromatic carbocycles. The van der Waals surface area contributed by atoms with E-state index in [4.69, 9.17) is 18.6 Å². The Kier molecular flexibility index (Phi) is 6.64. The molecule has 1 atom stereocenters. The van der Waals surface area contributed by atoms with Crippen molar-refractivity contribution in [1.82, 2.24) is 4.90 Å². The molecule has 0 saturated carbocycles. The lowest BCUT2D eigenvalue weighted by molar-refractivity contribution is -0.145. The van der Waals surface area contributed by atoms with Gasteiger partial charge in [0.1, 0.15) is 5.58 Å². The van der Waals surface area contributed by atoms with Crippen LogP contribution in [0.4, 0.5) is 0 Å². The fourth-order valence-electron chi connectivity index (χ4n) is 3.61. The molecule has 3 aromatic rings. The van der Waals surface area contributed by atoms with E-state index in [-0.39, 0.29) is 18.3 Å². The Morgan fingerprint density at radius 2 is 1.74 bits per heavy atom. The van der Waals surface area contributed by atoms with E-state index in [0.29, 0.717) is 49.6 Å². The molecule has 7 heteroatoms. The van der Waals surface area contributed by atoms with Crippen molar-refractivity contribution in [2.24, 2.45) is 0 Å². The van der Waals surface area contributed by atoms with Gasteiger partial charge in [-0.05, 0) is 13.0 Å². The summed E-state index contributed by atoms with van der Waals surface area (Å²) in [5.74, 6) is -0.906. The van der Waals surface area contributed by atoms with Crippen LogP contribution in [0.2, 0.25) is 0 Å². The number of benzene rings is 2. The highest BCUT2D eigenvalue weighted by molar-refractivity contribution is 5.97. The Labute approximate surface area is 180 Å². The van der Waals surface area contributed by atoms with Crippen molar-refractivity contribution >= 4 is 22.8 Å². The van der Waals surface area contributed by atoms with Crippen molar-refractivity contribution in [2.75, 3.05) is 32.9 Å². The van der Waals surface area contributed by atoms with Crippen LogP contribution in [-0.2, 0) is 25.6 Å². The molecule has 0 spiro atoms. The number of furan rings is 1. The third-order valence-electron chi connectivity index (χ3n) is 5.21. The second-order valence-corrected chi connectivity index (χ2v) is 7.18. The molecule has 2 heterocycles. The zero-order valence-corrected chi connectivity index (χ0v) is 17.4. The van der Waals surface area contributed by atoms with Gasteiger partial charge in [0.25, 0.3) is 5.91 Å². The summed E-state index contributed by atoms with van der Waals surface area (Å²) in [5.41, 5.74) is 1.79. The average Bonchev–Trinajstić information content (AvgIpc) is 3.20. The number of para-hydroxylation sites is 1. The standard InChI is InChI=1S/C24H25NO6/c1-2-28-16-19-18-10-6-7-11-20(18)30-22(19)24(27)31-21(17-8-4-3-5-9-17)23(26)25-12-14-29-15-13-25/h3-11,21H,2,12-16H2,1H3/t21-/m1/s1. The molecular formula is C24H25NO6. The predicted molar refractivity (Wildman–Crippen MR) is 114 cm³/mol. The van der Waals surface area contributed by atoms with E-state index < -0.39 is 12.1 Å². The van der Waals surface area contributed by atoms with E-state index in [9.17, 15) is 9.59 Å². The summed E-state index contributed by atoms with van der Waals surface area (Å²) in [6.07, 6.45) is -1.07. The Morgan fingerprint density at radius 1 is 1.03 bits per heavy atom. The Balaban J connectivity index is 1.65. The van der Waals surface area contributed by atoms with Gasteiger partial charge >= 0.3 is 5.97 Å². The van der Waals surface area contributed by atoms with Crippen molar-refractivity contribution in [3.05, 3.63) is 71.5 Å². The maximum atomic E-state index is 13.2. The van der Waals surface area contributed by atoms with Gasteiger partial charge in [-0.1, -0.05) is 48.5 Å². The second kappa shape index (κ2) is 9.76. The van der Waals surface area contributed by atoms with E-state index in [1.165, 1.54) is 0 Å². The van der Waals surface area contributed by atoms with Crippen LogP contribution in [0.1, 0.15) is 34.7 Å². The van der Waals surface area contributed by atoms with Gasteiger partial charge in [-0.2, -0.15) is 0 Å². The van der Waals surface area contributed by atoms with Crippen molar-refractivity contribution in [1.29, 1.82) is 0 Å². The lowest BCUT2D eigenvalue weighted by atomic mass is 10.1. The fraction of sp³-hybridized carbons (Fsp3) is 0.333. The van der Waals surface area contributed by atoms with Crippen LogP contribution >= 0.6 is 0 Å². The van der Waals surface area contributed by atoms with Crippen LogP contribution in [0.25, 0.3) is 11.0 Å². The Hall–Kier alpha value is -3.16. The smallest absolute Gasteiger partial charge is 0.375 e. The first kappa shape index (κ1) is 21.1. The van der Waals surface area contributed by atoms with Crippen LogP contribution in [0.3, 0.4) is 0 Å². The van der Waals surface area contributed by atoms with Gasteiger partial charge in [0.2, 0.25) is 11.9 Å². The molecule has 0 bridgehead atoms. The minimum atomic E-state index is -1.07. The number of carbonyl (C=O) groups excluding carboxylic acids is 2. The second-order valence-electron chi connectivity index (χ2n) is 7.18. The maximum absolute atomic E-state index is 13.2. The van der Waals surface area contributed by atoms with E-state index in [2.05, 4.69) is 0 Å². The van der Waals surface area contributed by atoms with Crippen LogP contribution in [-0.4, -0.2) is 49.7 Å². The van der Waals surface area contributed by atoms with Gasteiger partial charge in [-0.15, -0.1) is 0 Å². The number of hydrogen-bond donors (Lipinski definition) is 0. The minimum absolute atomic E-state index is 0.0605. The largest absolute Gasteiger partial charge is 0.449 e. The molecule has 1 amide bonds. The minimum Gasteiger partial charge on any atom is -0.449 e. The molecule has 1 fully saturated rings. The molecule has 1 aliphatic heterocycles. The van der Waals surface area contributed by atoms with Crippen molar-refractivity contribution in [2.45, 2.75) is 19.6 Å². The number of nitrogens with zero attached hydrogens (tertiary/aromatic N) is 1. The summed E-state index contributed by atoms with van der Waals surface area (Å²) in [5, 5.41) is 0.790. The molecule has 1 aromatic heterocycles. The van der Waals surface area contributed by atoms with Crippen molar-refractivity contribution < 1.29 is 28.2 Å². The Bertz CT molecular complexity index is 1040. The van der Waals surface area contributed by atoms with Crippen molar-refractivity contribution in [3.8, 4) is 0 Å². The van der Waals surface area contributed by atoms with E-state index in [1.54, 1.807) is 23.1 Å². The fourth-order valence-corrected chi connectivity index (χ4v) is 3.61. The summed E-state index contributed by atoms with van der Waals surface area (Å²) < 4.78 is 22.5. The van der Waals surface area contributed by atoms with Crippen LogP contribution in [0.5, 0.6) is 0 Å². The first-order chi connectivity index (χ1) is 15.2. The first-order valence-corrected chi connectivity index (χ1v) is 10.4. The van der Waals surface area contributed by atoms with Crippen molar-refractivity contribution in [3.63, 3.8) is 0 Å². The monoisotopic (exact) mass is 423 g/mol. The number of amides is 1. The highest BCUT2D eigenvalue weighted by Gasteiger charge is 2.33. The zero-order chi connectivity index (χ0) is 21.6. The molecule has 0 aliphatic carbocycles. The molecule has 4 rings (SSSR count). The summed E-state index contributed by atoms with van der Waals surface area (Å²) >= 11 is 0. The molecule has 1 aliphatic rings. The number of hydrogen-bond acceptors (Lipinski definition) is 6. The normalized spacial score (nSPS) is 15.1. The third-order valence-corrected chi connectivity index (χ3v) is 5.21. The lowest BCUT2D eigenvalue weighted by Gasteiger charge is -2.30. The van der Waals surface area contributed by atoms with Gasteiger partial charge in [0.15, 0.2) is 0 Å². The number of fused-ring (bicyclic) bond motifs is 1. The summed E-state index contributed by atoms with van der Waals surface area (Å²) in [7, 11) is 0. The van der Waals surface area contributed by atoms with Crippen LogP contribution in [0, 0.1) is 0 Å². The summed E-state index contributed by atoms with van der Waals surface area (Å²) in [4.78, 5) is 28.1. The number of ether oxygens (including phenoxy) is 3. The number of carbonyl (C=O) groups is 2. The molecule has 0 radical (unpaired) electrons. The molecule has 31 heavy (non-hydrogen) atoms. The maximum Gasteiger partial charge on any atom is 0.375 e. The first-order valence-electron chi connectivity index (χ1n) is 10.4. The number of rotatable bonds is 7. The van der Waals surface area contributed by atoms with Gasteiger partial charge in [-0.3, -0.25) is 4.79 Å². The van der Waals surface area contributed by atoms with Crippen LogP contribution in [0.15, 0.2) is 59.0 Å². The number of esters is 1. The molecular weight excluding hydrogens is 398 g/mol. The van der Waals surface area contributed by atoms with Gasteiger partial charge in [-0.25, -0.2) is 4.79 Å². The topological polar surface area (TPSA) is 78.2 Å². The highest BCUT2D eigenvalue weighted by atomic mass is 16.6. The van der Waals surface area contributed by atoms with Gasteiger partial charge in [0, 0.05) is 36.2 Å². The quantitative estimate of drug-likeness (QED) is 0.539. The molecule has 0 unspecified atom stereocenters. The molecule has 1 saturated heterocycles. The molecule has 7 nitrogen and oxygen atoms in total.